The third kappa shape index (κ3) is 3.81. The van der Waals surface area contributed by atoms with Crippen LogP contribution in [0.4, 0.5) is 5.88 Å². The Balaban J connectivity index is 1.63. The largest absolute Gasteiger partial charge is 0.497 e. The van der Waals surface area contributed by atoms with Gasteiger partial charge < -0.3 is 9.26 Å². The van der Waals surface area contributed by atoms with E-state index in [9.17, 15) is 4.79 Å². The van der Waals surface area contributed by atoms with Crippen LogP contribution in [0.1, 0.15) is 12.0 Å². The van der Waals surface area contributed by atoms with Gasteiger partial charge in [0.2, 0.25) is 11.8 Å². The predicted molar refractivity (Wildman–Crippen MR) is 91.9 cm³/mol. The topological polar surface area (TPSA) is 64.4 Å². The monoisotopic (exact) mass is 322 g/mol. The molecule has 0 spiro atoms. The highest BCUT2D eigenvalue weighted by atomic mass is 16.5. The van der Waals surface area contributed by atoms with E-state index in [0.29, 0.717) is 18.7 Å². The molecule has 1 aromatic heterocycles. The fourth-order valence-corrected chi connectivity index (χ4v) is 2.43. The molecule has 1 N–H and O–H groups in total. The molecule has 0 saturated carbocycles. The summed E-state index contributed by atoms with van der Waals surface area (Å²) in [5.74, 6) is 1.04. The van der Waals surface area contributed by atoms with Crippen molar-refractivity contribution in [1.82, 2.24) is 5.16 Å². The minimum atomic E-state index is -0.119. The number of ether oxygens (including phenoxy) is 1. The number of carbonyl (C=O) groups is 1. The van der Waals surface area contributed by atoms with Gasteiger partial charge in [0.25, 0.3) is 0 Å². The number of aryl methyl sites for hydroxylation is 1. The third-order valence-electron chi connectivity index (χ3n) is 3.68. The fourth-order valence-electron chi connectivity index (χ4n) is 2.43. The predicted octanol–water partition coefficient (Wildman–Crippen LogP) is 3.92. The Morgan fingerprint density at radius 1 is 1.17 bits per heavy atom. The van der Waals surface area contributed by atoms with Gasteiger partial charge in [-0.25, -0.2) is 0 Å². The number of hydrogen-bond donors (Lipinski definition) is 1. The van der Waals surface area contributed by atoms with Crippen LogP contribution in [-0.4, -0.2) is 18.2 Å². The molecule has 0 saturated heterocycles. The molecule has 24 heavy (non-hydrogen) atoms. The van der Waals surface area contributed by atoms with Gasteiger partial charge in [0.15, 0.2) is 0 Å². The highest BCUT2D eigenvalue weighted by Crippen LogP contribution is 2.27. The number of benzene rings is 2. The lowest BCUT2D eigenvalue weighted by molar-refractivity contribution is -0.116. The first-order chi connectivity index (χ1) is 11.8. The van der Waals surface area contributed by atoms with Crippen LogP contribution in [0.15, 0.2) is 65.3 Å². The SMILES string of the molecule is COc1cccc(CCC(=O)Nc2oncc2-c2ccccc2)c1. The first kappa shape index (κ1) is 15.8. The zero-order valence-electron chi connectivity index (χ0n) is 13.4. The van der Waals surface area contributed by atoms with Crippen molar-refractivity contribution in [3.63, 3.8) is 0 Å². The number of amides is 1. The van der Waals surface area contributed by atoms with Crippen molar-refractivity contribution in [3.05, 3.63) is 66.4 Å². The van der Waals surface area contributed by atoms with E-state index >= 15 is 0 Å². The normalized spacial score (nSPS) is 10.4. The molecule has 2 aromatic carbocycles. The molecule has 0 fully saturated rings. The molecule has 3 rings (SSSR count). The number of carbonyl (C=O) groups excluding carboxylic acids is 1. The molecule has 1 amide bonds. The zero-order chi connectivity index (χ0) is 16.8. The first-order valence-corrected chi connectivity index (χ1v) is 7.69. The molecule has 0 unspecified atom stereocenters. The van der Waals surface area contributed by atoms with Gasteiger partial charge in [-0.05, 0) is 29.7 Å². The van der Waals surface area contributed by atoms with Gasteiger partial charge in [0.1, 0.15) is 5.75 Å². The summed E-state index contributed by atoms with van der Waals surface area (Å²) in [4.78, 5) is 12.2. The number of nitrogens with zero attached hydrogens (tertiary/aromatic N) is 1. The second-order valence-corrected chi connectivity index (χ2v) is 5.33. The average molecular weight is 322 g/mol. The van der Waals surface area contributed by atoms with E-state index in [1.54, 1.807) is 13.3 Å². The standard InChI is InChI=1S/C19H18N2O3/c1-23-16-9-5-6-14(12-16)10-11-18(22)21-19-17(13-20-24-19)15-7-3-2-4-8-15/h2-9,12-13H,10-11H2,1H3,(H,21,22). The van der Waals surface area contributed by atoms with Crippen LogP contribution in [0.3, 0.4) is 0 Å². The summed E-state index contributed by atoms with van der Waals surface area (Å²) in [5.41, 5.74) is 2.76. The van der Waals surface area contributed by atoms with E-state index in [2.05, 4.69) is 10.5 Å². The molecule has 3 aromatic rings. The Morgan fingerprint density at radius 3 is 2.79 bits per heavy atom. The molecule has 0 aliphatic rings. The van der Waals surface area contributed by atoms with Crippen LogP contribution < -0.4 is 10.1 Å². The first-order valence-electron chi connectivity index (χ1n) is 7.69. The molecule has 5 nitrogen and oxygen atoms in total. The summed E-state index contributed by atoms with van der Waals surface area (Å²) >= 11 is 0. The minimum Gasteiger partial charge on any atom is -0.497 e. The van der Waals surface area contributed by atoms with E-state index in [1.165, 1.54) is 0 Å². The Labute approximate surface area is 140 Å². The zero-order valence-corrected chi connectivity index (χ0v) is 13.4. The number of rotatable bonds is 6. The van der Waals surface area contributed by atoms with Gasteiger partial charge in [0, 0.05) is 6.42 Å². The van der Waals surface area contributed by atoms with Crippen molar-refractivity contribution >= 4 is 11.8 Å². The maximum Gasteiger partial charge on any atom is 0.239 e. The van der Waals surface area contributed by atoms with Crippen molar-refractivity contribution in [2.45, 2.75) is 12.8 Å². The van der Waals surface area contributed by atoms with Gasteiger partial charge in [-0.2, -0.15) is 0 Å². The highest BCUT2D eigenvalue weighted by Gasteiger charge is 2.13. The summed E-state index contributed by atoms with van der Waals surface area (Å²) in [6, 6.07) is 17.4. The van der Waals surface area contributed by atoms with E-state index < -0.39 is 0 Å². The average Bonchev–Trinajstić information content (AvgIpc) is 3.09. The highest BCUT2D eigenvalue weighted by molar-refractivity contribution is 5.93. The molecule has 0 radical (unpaired) electrons. The summed E-state index contributed by atoms with van der Waals surface area (Å²) in [6.45, 7) is 0. The molecule has 5 heteroatoms. The molecular formula is C19H18N2O3. The van der Waals surface area contributed by atoms with E-state index in [4.69, 9.17) is 9.26 Å². The molecular weight excluding hydrogens is 304 g/mol. The molecule has 122 valence electrons. The lowest BCUT2D eigenvalue weighted by atomic mass is 10.1. The number of hydrogen-bond acceptors (Lipinski definition) is 4. The van der Waals surface area contributed by atoms with Crippen molar-refractivity contribution in [2.24, 2.45) is 0 Å². The smallest absolute Gasteiger partial charge is 0.239 e. The van der Waals surface area contributed by atoms with E-state index in [0.717, 1.165) is 22.4 Å². The number of methoxy groups -OCH3 is 1. The number of anilines is 1. The van der Waals surface area contributed by atoms with Crippen molar-refractivity contribution in [1.29, 1.82) is 0 Å². The van der Waals surface area contributed by atoms with Crippen LogP contribution in [0.2, 0.25) is 0 Å². The Hall–Kier alpha value is -3.08. The molecule has 1 heterocycles. The van der Waals surface area contributed by atoms with E-state index in [1.807, 2.05) is 54.6 Å². The molecule has 0 atom stereocenters. The number of aromatic nitrogens is 1. The minimum absolute atomic E-state index is 0.119. The fraction of sp³-hybridized carbons (Fsp3) is 0.158. The van der Waals surface area contributed by atoms with Crippen molar-refractivity contribution in [2.75, 3.05) is 12.4 Å². The van der Waals surface area contributed by atoms with Crippen LogP contribution in [-0.2, 0) is 11.2 Å². The Kier molecular flexibility index (Phi) is 4.91. The number of nitrogens with one attached hydrogen (secondary N) is 1. The maximum absolute atomic E-state index is 12.2. The van der Waals surface area contributed by atoms with Crippen LogP contribution in [0.5, 0.6) is 5.75 Å². The van der Waals surface area contributed by atoms with Gasteiger partial charge in [0.05, 0.1) is 18.9 Å². The Bertz CT molecular complexity index is 812. The quantitative estimate of drug-likeness (QED) is 0.747. The summed E-state index contributed by atoms with van der Waals surface area (Å²) in [7, 11) is 1.63. The van der Waals surface area contributed by atoms with Crippen LogP contribution >= 0.6 is 0 Å². The van der Waals surface area contributed by atoms with Gasteiger partial charge >= 0.3 is 0 Å². The maximum atomic E-state index is 12.2. The van der Waals surface area contributed by atoms with Gasteiger partial charge in [-0.15, -0.1) is 0 Å². The summed E-state index contributed by atoms with van der Waals surface area (Å²) in [6.07, 6.45) is 2.58. The third-order valence-corrected chi connectivity index (χ3v) is 3.68. The summed E-state index contributed by atoms with van der Waals surface area (Å²) in [5, 5.41) is 6.57. The van der Waals surface area contributed by atoms with Crippen molar-refractivity contribution < 1.29 is 14.1 Å². The van der Waals surface area contributed by atoms with Gasteiger partial charge in [-0.3, -0.25) is 10.1 Å². The molecule has 0 aliphatic carbocycles. The second kappa shape index (κ2) is 7.46. The molecule has 0 aliphatic heterocycles. The van der Waals surface area contributed by atoms with Crippen molar-refractivity contribution in [3.8, 4) is 16.9 Å². The molecule has 0 bridgehead atoms. The van der Waals surface area contributed by atoms with Crippen LogP contribution in [0, 0.1) is 0 Å². The van der Waals surface area contributed by atoms with Crippen LogP contribution in [0.25, 0.3) is 11.1 Å². The van der Waals surface area contributed by atoms with Gasteiger partial charge in [-0.1, -0.05) is 47.6 Å². The Morgan fingerprint density at radius 2 is 2.00 bits per heavy atom. The lowest BCUT2D eigenvalue weighted by Crippen LogP contribution is -2.12. The van der Waals surface area contributed by atoms with E-state index in [-0.39, 0.29) is 5.91 Å². The summed E-state index contributed by atoms with van der Waals surface area (Å²) < 4.78 is 10.4. The second-order valence-electron chi connectivity index (χ2n) is 5.33. The lowest BCUT2D eigenvalue weighted by Gasteiger charge is -2.06.